The van der Waals surface area contributed by atoms with Crippen LogP contribution in [0.4, 0.5) is 0 Å². The number of carbonyl (C=O) groups excluding carboxylic acids is 1. The largest absolute Gasteiger partial charge is 0.497 e. The molecule has 2 aromatic rings. The maximum Gasteiger partial charge on any atom is 0.261 e. The third kappa shape index (κ3) is 6.80. The van der Waals surface area contributed by atoms with Gasteiger partial charge in [-0.15, -0.1) is 0 Å². The number of nitrogens with one attached hydrogen (secondary N) is 1. The van der Waals surface area contributed by atoms with E-state index in [2.05, 4.69) is 18.3 Å². The standard InChI is InChI=1S/C23H31NO4/c1-4-16-27-22-14-7-6-10-18(22)11-9-15-24-23(25)21(5-2)28-20-13-8-12-19(17-20)26-3/h6-8,10,12-14,17,21H,4-5,9,11,15-16H2,1-3H3,(H,24,25)/t21-/m1/s1. The van der Waals surface area contributed by atoms with E-state index < -0.39 is 6.10 Å². The van der Waals surface area contributed by atoms with E-state index >= 15 is 0 Å². The first kappa shape index (κ1) is 21.6. The third-order valence-electron chi connectivity index (χ3n) is 4.34. The van der Waals surface area contributed by atoms with Crippen LogP contribution < -0.4 is 19.5 Å². The summed E-state index contributed by atoms with van der Waals surface area (Å²) < 4.78 is 16.8. The summed E-state index contributed by atoms with van der Waals surface area (Å²) in [5.41, 5.74) is 1.17. The number of aryl methyl sites for hydroxylation is 1. The van der Waals surface area contributed by atoms with Gasteiger partial charge in [0.05, 0.1) is 13.7 Å². The van der Waals surface area contributed by atoms with Crippen molar-refractivity contribution >= 4 is 5.91 Å². The minimum Gasteiger partial charge on any atom is -0.497 e. The van der Waals surface area contributed by atoms with E-state index in [1.165, 1.54) is 5.56 Å². The molecule has 0 saturated heterocycles. The van der Waals surface area contributed by atoms with E-state index in [0.717, 1.165) is 25.0 Å². The van der Waals surface area contributed by atoms with Crippen molar-refractivity contribution in [2.24, 2.45) is 0 Å². The smallest absolute Gasteiger partial charge is 0.261 e. The Morgan fingerprint density at radius 3 is 2.61 bits per heavy atom. The first-order chi connectivity index (χ1) is 13.7. The van der Waals surface area contributed by atoms with Gasteiger partial charge in [-0.3, -0.25) is 4.79 Å². The summed E-state index contributed by atoms with van der Waals surface area (Å²) in [5, 5.41) is 2.98. The Hall–Kier alpha value is -2.69. The van der Waals surface area contributed by atoms with Crippen LogP contribution in [0.25, 0.3) is 0 Å². The number of ether oxygens (including phenoxy) is 3. The minimum absolute atomic E-state index is 0.0964. The Bertz CT molecular complexity index is 732. The Morgan fingerprint density at radius 2 is 1.86 bits per heavy atom. The van der Waals surface area contributed by atoms with E-state index in [9.17, 15) is 4.79 Å². The zero-order valence-electron chi connectivity index (χ0n) is 17.1. The molecule has 0 unspecified atom stereocenters. The lowest BCUT2D eigenvalue weighted by Crippen LogP contribution is -2.38. The van der Waals surface area contributed by atoms with Crippen molar-refractivity contribution in [3.05, 3.63) is 54.1 Å². The lowest BCUT2D eigenvalue weighted by Gasteiger charge is -2.18. The SMILES string of the molecule is CCCOc1ccccc1CCCNC(=O)[C@@H](CC)Oc1cccc(OC)c1. The van der Waals surface area contributed by atoms with Crippen LogP contribution in [0.3, 0.4) is 0 Å². The van der Waals surface area contributed by atoms with Gasteiger partial charge in [0.15, 0.2) is 6.10 Å². The van der Waals surface area contributed by atoms with Crippen LogP contribution in [-0.4, -0.2) is 32.3 Å². The van der Waals surface area contributed by atoms with Gasteiger partial charge in [0.2, 0.25) is 0 Å². The maximum atomic E-state index is 12.5. The van der Waals surface area contributed by atoms with Crippen molar-refractivity contribution in [1.82, 2.24) is 5.32 Å². The van der Waals surface area contributed by atoms with Crippen molar-refractivity contribution in [3.8, 4) is 17.2 Å². The van der Waals surface area contributed by atoms with Crippen LogP contribution in [0, 0.1) is 0 Å². The van der Waals surface area contributed by atoms with Crippen LogP contribution >= 0.6 is 0 Å². The Kier molecular flexibility index (Phi) is 9.19. The van der Waals surface area contributed by atoms with Crippen LogP contribution in [0.5, 0.6) is 17.2 Å². The summed E-state index contributed by atoms with van der Waals surface area (Å²) in [4.78, 5) is 12.5. The maximum absolute atomic E-state index is 12.5. The van der Waals surface area contributed by atoms with Crippen LogP contribution in [0.15, 0.2) is 48.5 Å². The van der Waals surface area contributed by atoms with Gasteiger partial charge in [0, 0.05) is 12.6 Å². The van der Waals surface area contributed by atoms with Gasteiger partial charge in [-0.2, -0.15) is 0 Å². The van der Waals surface area contributed by atoms with Gasteiger partial charge in [0.1, 0.15) is 17.2 Å². The second-order valence-corrected chi connectivity index (χ2v) is 6.54. The molecule has 0 saturated carbocycles. The number of rotatable bonds is 12. The summed E-state index contributed by atoms with van der Waals surface area (Å²) in [7, 11) is 1.61. The lowest BCUT2D eigenvalue weighted by molar-refractivity contribution is -0.128. The fourth-order valence-electron chi connectivity index (χ4n) is 2.83. The molecular formula is C23H31NO4. The molecule has 1 atom stereocenters. The number of amides is 1. The predicted molar refractivity (Wildman–Crippen MR) is 111 cm³/mol. The zero-order valence-corrected chi connectivity index (χ0v) is 17.1. The van der Waals surface area contributed by atoms with E-state index in [4.69, 9.17) is 14.2 Å². The van der Waals surface area contributed by atoms with Crippen molar-refractivity contribution in [1.29, 1.82) is 0 Å². The average molecular weight is 386 g/mol. The molecule has 28 heavy (non-hydrogen) atoms. The minimum atomic E-state index is -0.521. The quantitative estimate of drug-likeness (QED) is 0.551. The number of hydrogen-bond donors (Lipinski definition) is 1. The molecule has 2 aromatic carbocycles. The number of para-hydroxylation sites is 1. The molecule has 0 spiro atoms. The molecule has 0 aliphatic carbocycles. The number of methoxy groups -OCH3 is 1. The highest BCUT2D eigenvalue weighted by atomic mass is 16.5. The van der Waals surface area contributed by atoms with Gasteiger partial charge in [-0.25, -0.2) is 0 Å². The molecule has 0 aromatic heterocycles. The normalized spacial score (nSPS) is 11.5. The van der Waals surface area contributed by atoms with Crippen LogP contribution in [-0.2, 0) is 11.2 Å². The third-order valence-corrected chi connectivity index (χ3v) is 4.34. The van der Waals surface area contributed by atoms with Gasteiger partial charge >= 0.3 is 0 Å². The molecule has 0 radical (unpaired) electrons. The predicted octanol–water partition coefficient (Wildman–Crippen LogP) is 4.39. The lowest BCUT2D eigenvalue weighted by atomic mass is 10.1. The first-order valence-corrected chi connectivity index (χ1v) is 9.97. The molecule has 0 heterocycles. The van der Waals surface area contributed by atoms with Crippen molar-refractivity contribution in [2.75, 3.05) is 20.3 Å². The molecule has 1 amide bonds. The van der Waals surface area contributed by atoms with Crippen molar-refractivity contribution in [3.63, 3.8) is 0 Å². The van der Waals surface area contributed by atoms with Gasteiger partial charge in [-0.1, -0.05) is 38.1 Å². The van der Waals surface area contributed by atoms with E-state index in [-0.39, 0.29) is 5.91 Å². The molecular weight excluding hydrogens is 354 g/mol. The summed E-state index contributed by atoms with van der Waals surface area (Å²) in [6.07, 6.45) is 2.75. The topological polar surface area (TPSA) is 56.8 Å². The fraction of sp³-hybridized carbons (Fsp3) is 0.435. The van der Waals surface area contributed by atoms with Crippen molar-refractivity contribution < 1.29 is 19.0 Å². The Morgan fingerprint density at radius 1 is 1.07 bits per heavy atom. The fourth-order valence-corrected chi connectivity index (χ4v) is 2.83. The summed E-state index contributed by atoms with van der Waals surface area (Å²) in [6, 6.07) is 15.4. The van der Waals surface area contributed by atoms with Gasteiger partial charge in [0.25, 0.3) is 5.91 Å². The summed E-state index contributed by atoms with van der Waals surface area (Å²) in [6.45, 7) is 5.34. The molecule has 1 N–H and O–H groups in total. The summed E-state index contributed by atoms with van der Waals surface area (Å²) >= 11 is 0. The molecule has 5 nitrogen and oxygen atoms in total. The highest BCUT2D eigenvalue weighted by Crippen LogP contribution is 2.21. The van der Waals surface area contributed by atoms with Crippen molar-refractivity contribution in [2.45, 2.75) is 45.6 Å². The number of carbonyl (C=O) groups is 1. The molecule has 2 rings (SSSR count). The summed E-state index contributed by atoms with van der Waals surface area (Å²) in [5.74, 6) is 2.17. The van der Waals surface area contributed by atoms with Gasteiger partial charge < -0.3 is 19.5 Å². The molecule has 0 aliphatic rings. The Labute approximate surface area is 168 Å². The average Bonchev–Trinajstić information content (AvgIpc) is 2.74. The molecule has 0 fully saturated rings. The molecule has 0 bridgehead atoms. The monoisotopic (exact) mass is 385 g/mol. The van der Waals surface area contributed by atoms with E-state index in [1.807, 2.05) is 43.3 Å². The van der Waals surface area contributed by atoms with Crippen LogP contribution in [0.1, 0.15) is 38.7 Å². The first-order valence-electron chi connectivity index (χ1n) is 9.97. The second kappa shape index (κ2) is 11.9. The number of hydrogen-bond acceptors (Lipinski definition) is 4. The van der Waals surface area contributed by atoms with E-state index in [1.54, 1.807) is 13.2 Å². The molecule has 0 aliphatic heterocycles. The highest BCUT2D eigenvalue weighted by molar-refractivity contribution is 5.81. The zero-order chi connectivity index (χ0) is 20.2. The Balaban J connectivity index is 1.80. The molecule has 5 heteroatoms. The molecule has 152 valence electrons. The highest BCUT2D eigenvalue weighted by Gasteiger charge is 2.18. The number of benzene rings is 2. The van der Waals surface area contributed by atoms with Gasteiger partial charge in [-0.05, 0) is 49.4 Å². The second-order valence-electron chi connectivity index (χ2n) is 6.54. The van der Waals surface area contributed by atoms with E-state index in [0.29, 0.717) is 31.1 Å². The van der Waals surface area contributed by atoms with Crippen LogP contribution in [0.2, 0.25) is 0 Å².